The Morgan fingerprint density at radius 1 is 1.24 bits per heavy atom. The molecule has 2 aromatic rings. The maximum atomic E-state index is 12.7. The van der Waals surface area contributed by atoms with E-state index in [1.165, 1.54) is 11.1 Å². The molecule has 156 valence electrons. The van der Waals surface area contributed by atoms with Crippen molar-refractivity contribution in [3.05, 3.63) is 47.8 Å². The molecule has 0 atom stereocenters. The van der Waals surface area contributed by atoms with Crippen molar-refractivity contribution in [2.45, 2.75) is 19.8 Å². The second kappa shape index (κ2) is 9.60. The zero-order chi connectivity index (χ0) is 19.5. The monoisotopic (exact) mass is 508 g/mol. The minimum Gasteiger partial charge on any atom is -0.357 e. The summed E-state index contributed by atoms with van der Waals surface area (Å²) in [5.41, 5.74) is 3.76. The highest BCUT2D eigenvalue weighted by molar-refractivity contribution is 14.0. The molecular weight excluding hydrogens is 479 g/mol. The number of hydrogen-bond donors (Lipinski definition) is 1. The van der Waals surface area contributed by atoms with Gasteiger partial charge in [-0.25, -0.2) is 0 Å². The summed E-state index contributed by atoms with van der Waals surface area (Å²) < 4.78 is 1.72. The van der Waals surface area contributed by atoms with Crippen LogP contribution >= 0.6 is 24.0 Å². The van der Waals surface area contributed by atoms with Gasteiger partial charge in [-0.15, -0.1) is 24.0 Å². The van der Waals surface area contributed by atoms with Crippen molar-refractivity contribution < 1.29 is 4.79 Å². The fourth-order valence-electron chi connectivity index (χ4n) is 4.10. The number of carbonyl (C=O) groups excluding carboxylic acids is 1. The van der Waals surface area contributed by atoms with Crippen LogP contribution in [-0.2, 0) is 24.7 Å². The topological polar surface area (TPSA) is 65.8 Å². The van der Waals surface area contributed by atoms with E-state index in [4.69, 9.17) is 4.99 Å². The van der Waals surface area contributed by atoms with E-state index in [0.29, 0.717) is 19.0 Å². The van der Waals surface area contributed by atoms with Crippen molar-refractivity contribution in [2.75, 3.05) is 37.6 Å². The van der Waals surface area contributed by atoms with Gasteiger partial charge in [0.15, 0.2) is 5.96 Å². The summed E-state index contributed by atoms with van der Waals surface area (Å²) >= 11 is 0. The molecule has 0 unspecified atom stereocenters. The Hall–Kier alpha value is -2.10. The second-order valence-corrected chi connectivity index (χ2v) is 7.58. The highest BCUT2D eigenvalue weighted by atomic mass is 127. The third kappa shape index (κ3) is 4.91. The van der Waals surface area contributed by atoms with Crippen LogP contribution in [0.25, 0.3) is 0 Å². The normalized spacial score (nSPS) is 17.3. The largest absolute Gasteiger partial charge is 0.357 e. The molecule has 1 N–H and O–H groups in total. The lowest BCUT2D eigenvalue weighted by molar-refractivity contribution is -0.120. The molecule has 0 spiro atoms. The first kappa shape index (κ1) is 21.6. The Morgan fingerprint density at radius 3 is 2.55 bits per heavy atom. The number of amides is 1. The molecule has 1 aliphatic heterocycles. The summed E-state index contributed by atoms with van der Waals surface area (Å²) in [4.78, 5) is 21.5. The number of nitrogens with one attached hydrogen (secondary N) is 1. The third-order valence-electron chi connectivity index (χ3n) is 5.49. The molecule has 1 aromatic heterocycles. The van der Waals surface area contributed by atoms with Crippen LogP contribution in [0.5, 0.6) is 0 Å². The highest BCUT2D eigenvalue weighted by Gasteiger charge is 2.28. The van der Waals surface area contributed by atoms with Crippen molar-refractivity contribution in [1.82, 2.24) is 20.0 Å². The molecule has 0 saturated carbocycles. The number of fused-ring (bicyclic) bond motifs is 1. The molecule has 2 heterocycles. The van der Waals surface area contributed by atoms with Crippen LogP contribution < -0.4 is 10.2 Å². The number of nitrogens with zero attached hydrogens (tertiary/aromatic N) is 5. The molecule has 7 nitrogen and oxygen atoms in total. The second-order valence-electron chi connectivity index (χ2n) is 7.58. The number of aromatic nitrogens is 2. The van der Waals surface area contributed by atoms with Gasteiger partial charge >= 0.3 is 0 Å². The molecule has 2 aliphatic rings. The van der Waals surface area contributed by atoms with Gasteiger partial charge in [0.2, 0.25) is 5.91 Å². The van der Waals surface area contributed by atoms with Crippen molar-refractivity contribution in [1.29, 1.82) is 0 Å². The molecule has 1 amide bonds. The van der Waals surface area contributed by atoms with Gasteiger partial charge in [0.25, 0.3) is 0 Å². The number of hydrogen-bond acceptors (Lipinski definition) is 3. The number of aryl methyl sites for hydroxylation is 1. The lowest BCUT2D eigenvalue weighted by Gasteiger charge is -2.35. The van der Waals surface area contributed by atoms with E-state index < -0.39 is 0 Å². The van der Waals surface area contributed by atoms with Crippen LogP contribution in [0, 0.1) is 5.92 Å². The lowest BCUT2D eigenvalue weighted by atomic mass is 10.1. The summed E-state index contributed by atoms with van der Waals surface area (Å²) in [6.07, 6.45) is 5.80. The van der Waals surface area contributed by atoms with Gasteiger partial charge in [-0.1, -0.05) is 24.3 Å². The number of benzene rings is 1. The fourth-order valence-corrected chi connectivity index (χ4v) is 4.10. The number of aliphatic imine (C=N–C) groups is 1. The van der Waals surface area contributed by atoms with E-state index in [9.17, 15) is 4.79 Å². The van der Waals surface area contributed by atoms with Gasteiger partial charge in [0.1, 0.15) is 6.54 Å². The zero-order valence-electron chi connectivity index (χ0n) is 17.0. The first-order valence-electron chi connectivity index (χ1n) is 10.0. The van der Waals surface area contributed by atoms with Crippen LogP contribution in [0.4, 0.5) is 5.69 Å². The standard InChI is InChI=1S/C21H28N6O.HI/c1-3-22-21(23-12-16-10-17-6-4-5-7-18(17)11-16)26-8-9-27(20(28)15-26)19-13-24-25(2)14-19;/h4-7,13-14,16H,3,8-12,15H2,1-2H3,(H,22,23);1H. The van der Waals surface area contributed by atoms with Crippen LogP contribution in [0.3, 0.4) is 0 Å². The molecule has 0 bridgehead atoms. The summed E-state index contributed by atoms with van der Waals surface area (Å²) in [5, 5.41) is 7.54. The molecule has 29 heavy (non-hydrogen) atoms. The van der Waals surface area contributed by atoms with Gasteiger partial charge < -0.3 is 15.1 Å². The Balaban J connectivity index is 0.00000240. The SMILES string of the molecule is CCNC(=NCC1Cc2ccccc2C1)N1CCN(c2cnn(C)c2)C(=O)C1.I. The summed E-state index contributed by atoms with van der Waals surface area (Å²) in [6, 6.07) is 8.67. The predicted molar refractivity (Wildman–Crippen MR) is 126 cm³/mol. The first-order valence-corrected chi connectivity index (χ1v) is 10.0. The average Bonchev–Trinajstić information content (AvgIpc) is 3.30. The molecule has 8 heteroatoms. The molecular formula is C21H29IN6O. The van der Waals surface area contributed by atoms with E-state index in [-0.39, 0.29) is 29.9 Å². The summed E-state index contributed by atoms with van der Waals surface area (Å²) in [6.45, 7) is 5.39. The first-order chi connectivity index (χ1) is 13.6. The molecule has 0 radical (unpaired) electrons. The molecule has 4 rings (SSSR count). The van der Waals surface area contributed by atoms with E-state index in [2.05, 4.69) is 46.5 Å². The molecule has 1 aromatic carbocycles. The maximum absolute atomic E-state index is 12.7. The molecule has 1 saturated heterocycles. The van der Waals surface area contributed by atoms with E-state index >= 15 is 0 Å². The highest BCUT2D eigenvalue weighted by Crippen LogP contribution is 2.26. The minimum absolute atomic E-state index is 0. The Kier molecular flexibility index (Phi) is 7.15. The van der Waals surface area contributed by atoms with Crippen LogP contribution in [0.2, 0.25) is 0 Å². The van der Waals surface area contributed by atoms with Crippen molar-refractivity contribution in [3.8, 4) is 0 Å². The van der Waals surface area contributed by atoms with Crippen LogP contribution in [0.1, 0.15) is 18.1 Å². The number of halogens is 1. The third-order valence-corrected chi connectivity index (χ3v) is 5.49. The van der Waals surface area contributed by atoms with Gasteiger partial charge in [0, 0.05) is 39.4 Å². The van der Waals surface area contributed by atoms with Gasteiger partial charge in [-0.05, 0) is 36.8 Å². The van der Waals surface area contributed by atoms with Crippen LogP contribution in [0.15, 0.2) is 41.7 Å². The van der Waals surface area contributed by atoms with E-state index in [1.54, 1.807) is 15.8 Å². The number of guanidine groups is 1. The van der Waals surface area contributed by atoms with Crippen molar-refractivity contribution in [2.24, 2.45) is 18.0 Å². The van der Waals surface area contributed by atoms with E-state index in [1.807, 2.05) is 13.2 Å². The quantitative estimate of drug-likeness (QED) is 0.390. The van der Waals surface area contributed by atoms with Crippen molar-refractivity contribution in [3.63, 3.8) is 0 Å². The molecule has 1 aliphatic carbocycles. The van der Waals surface area contributed by atoms with Gasteiger partial charge in [0.05, 0.1) is 11.9 Å². The average molecular weight is 508 g/mol. The number of anilines is 1. The Morgan fingerprint density at radius 2 is 1.97 bits per heavy atom. The van der Waals surface area contributed by atoms with Gasteiger partial charge in [-0.2, -0.15) is 5.10 Å². The number of piperazine rings is 1. The number of rotatable bonds is 4. The fraction of sp³-hybridized carbons (Fsp3) is 0.476. The van der Waals surface area contributed by atoms with Crippen molar-refractivity contribution >= 4 is 41.5 Å². The van der Waals surface area contributed by atoms with E-state index in [0.717, 1.165) is 44.1 Å². The minimum atomic E-state index is 0. The zero-order valence-corrected chi connectivity index (χ0v) is 19.4. The van der Waals surface area contributed by atoms with Crippen LogP contribution in [-0.4, -0.2) is 59.3 Å². The Bertz CT molecular complexity index is 855. The Labute approximate surface area is 189 Å². The maximum Gasteiger partial charge on any atom is 0.246 e. The lowest BCUT2D eigenvalue weighted by Crippen LogP contribution is -2.55. The summed E-state index contributed by atoms with van der Waals surface area (Å²) in [7, 11) is 1.86. The number of carbonyl (C=O) groups is 1. The predicted octanol–water partition coefficient (Wildman–Crippen LogP) is 2.07. The smallest absolute Gasteiger partial charge is 0.246 e. The summed E-state index contributed by atoms with van der Waals surface area (Å²) in [5.74, 6) is 1.47. The van der Waals surface area contributed by atoms with Gasteiger partial charge in [-0.3, -0.25) is 14.5 Å². The molecule has 1 fully saturated rings.